The Bertz CT molecular complexity index is 785. The van der Waals surface area contributed by atoms with E-state index in [-0.39, 0.29) is 23.5 Å². The molecular formula is C17H17NO3S. The van der Waals surface area contributed by atoms with E-state index in [1.807, 2.05) is 48.5 Å². The van der Waals surface area contributed by atoms with Crippen LogP contribution in [0.25, 0.3) is 11.1 Å². The smallest absolute Gasteiger partial charge is 0.251 e. The van der Waals surface area contributed by atoms with Crippen molar-refractivity contribution in [3.05, 3.63) is 60.2 Å². The molecule has 2 aromatic rings. The molecule has 1 aliphatic heterocycles. The maximum atomic E-state index is 12.3. The summed E-state index contributed by atoms with van der Waals surface area (Å²) in [5, 5.41) is 2.81. The Kier molecular flexibility index (Phi) is 3.98. The summed E-state index contributed by atoms with van der Waals surface area (Å²) < 4.78 is 22.9. The molecule has 3 rings (SSSR count). The molecule has 1 unspecified atom stereocenters. The van der Waals surface area contributed by atoms with Crippen LogP contribution in [0.1, 0.15) is 16.8 Å². The van der Waals surface area contributed by atoms with Gasteiger partial charge in [0.2, 0.25) is 0 Å². The Morgan fingerprint density at radius 3 is 2.41 bits per heavy atom. The average Bonchev–Trinajstić information content (AvgIpc) is 2.87. The Labute approximate surface area is 130 Å². The first-order chi connectivity index (χ1) is 10.5. The molecule has 2 aromatic carbocycles. The largest absolute Gasteiger partial charge is 0.348 e. The van der Waals surface area contributed by atoms with Crippen LogP contribution < -0.4 is 5.32 Å². The average molecular weight is 315 g/mol. The van der Waals surface area contributed by atoms with E-state index in [2.05, 4.69) is 5.32 Å². The fourth-order valence-electron chi connectivity index (χ4n) is 2.65. The van der Waals surface area contributed by atoms with Gasteiger partial charge >= 0.3 is 0 Å². The molecule has 1 heterocycles. The van der Waals surface area contributed by atoms with Crippen LogP contribution in [-0.4, -0.2) is 31.9 Å². The predicted octanol–water partition coefficient (Wildman–Crippen LogP) is 2.27. The van der Waals surface area contributed by atoms with Gasteiger partial charge in [-0.1, -0.05) is 42.5 Å². The summed E-state index contributed by atoms with van der Waals surface area (Å²) in [5.41, 5.74) is 2.55. The van der Waals surface area contributed by atoms with Gasteiger partial charge in [0.25, 0.3) is 5.91 Å². The molecule has 0 aromatic heterocycles. The monoisotopic (exact) mass is 315 g/mol. The van der Waals surface area contributed by atoms with Crippen molar-refractivity contribution in [1.82, 2.24) is 5.32 Å². The number of rotatable bonds is 3. The lowest BCUT2D eigenvalue weighted by molar-refractivity contribution is 0.0941. The minimum absolute atomic E-state index is 0.0388. The van der Waals surface area contributed by atoms with E-state index in [9.17, 15) is 13.2 Å². The zero-order valence-corrected chi connectivity index (χ0v) is 12.8. The number of nitrogens with one attached hydrogen (secondary N) is 1. The SMILES string of the molecule is O=C(NC1CCS(=O)(=O)C1)c1cccc(-c2ccccc2)c1. The van der Waals surface area contributed by atoms with Gasteiger partial charge in [0.05, 0.1) is 11.5 Å². The molecule has 1 atom stereocenters. The van der Waals surface area contributed by atoms with Crippen molar-refractivity contribution in [2.45, 2.75) is 12.5 Å². The van der Waals surface area contributed by atoms with Crippen molar-refractivity contribution < 1.29 is 13.2 Å². The van der Waals surface area contributed by atoms with Crippen molar-refractivity contribution >= 4 is 15.7 Å². The summed E-state index contributed by atoms with van der Waals surface area (Å²) in [5.74, 6) is -0.0288. The molecule has 114 valence electrons. The lowest BCUT2D eigenvalue weighted by atomic mass is 10.0. The summed E-state index contributed by atoms with van der Waals surface area (Å²) >= 11 is 0. The van der Waals surface area contributed by atoms with E-state index in [1.165, 1.54) is 0 Å². The third-order valence-electron chi connectivity index (χ3n) is 3.80. The summed E-state index contributed by atoms with van der Waals surface area (Å²) in [6.07, 6.45) is 0.493. The zero-order valence-electron chi connectivity index (χ0n) is 12.0. The summed E-state index contributed by atoms with van der Waals surface area (Å²) in [4.78, 5) is 12.3. The molecule has 4 nitrogen and oxygen atoms in total. The van der Waals surface area contributed by atoms with Crippen LogP contribution >= 0.6 is 0 Å². The van der Waals surface area contributed by atoms with E-state index in [4.69, 9.17) is 0 Å². The standard InChI is InChI=1S/C17H17NO3S/c19-17(18-16-9-10-22(20,21)12-16)15-8-4-7-14(11-15)13-5-2-1-3-6-13/h1-8,11,16H,9-10,12H2,(H,18,19). The van der Waals surface area contributed by atoms with E-state index in [0.717, 1.165) is 11.1 Å². The Morgan fingerprint density at radius 1 is 1.00 bits per heavy atom. The lowest BCUT2D eigenvalue weighted by Gasteiger charge is -2.11. The molecular weight excluding hydrogens is 298 g/mol. The topological polar surface area (TPSA) is 63.2 Å². The minimum atomic E-state index is -2.99. The number of sulfone groups is 1. The summed E-state index contributed by atoms with van der Waals surface area (Å²) in [6.45, 7) is 0. The Balaban J connectivity index is 1.76. The van der Waals surface area contributed by atoms with E-state index < -0.39 is 9.84 Å². The van der Waals surface area contributed by atoms with Gasteiger partial charge in [-0.2, -0.15) is 0 Å². The first kappa shape index (κ1) is 14.8. The van der Waals surface area contributed by atoms with Crippen LogP contribution in [0.5, 0.6) is 0 Å². The van der Waals surface area contributed by atoms with Gasteiger partial charge in [-0.15, -0.1) is 0 Å². The molecule has 1 N–H and O–H groups in total. The number of benzene rings is 2. The van der Waals surface area contributed by atoms with Crippen molar-refractivity contribution in [2.75, 3.05) is 11.5 Å². The van der Waals surface area contributed by atoms with Gasteiger partial charge in [-0.3, -0.25) is 4.79 Å². The third-order valence-corrected chi connectivity index (χ3v) is 5.57. The fraction of sp³-hybridized carbons (Fsp3) is 0.235. The van der Waals surface area contributed by atoms with Crippen molar-refractivity contribution in [3.8, 4) is 11.1 Å². The zero-order chi connectivity index (χ0) is 15.6. The van der Waals surface area contributed by atoms with Crippen LogP contribution in [0.4, 0.5) is 0 Å². The maximum Gasteiger partial charge on any atom is 0.251 e. The van der Waals surface area contributed by atoms with Gasteiger partial charge in [0.15, 0.2) is 9.84 Å². The van der Waals surface area contributed by atoms with E-state index >= 15 is 0 Å². The number of amides is 1. The van der Waals surface area contributed by atoms with Gasteiger partial charge in [-0.25, -0.2) is 8.42 Å². The number of hydrogen-bond acceptors (Lipinski definition) is 3. The second kappa shape index (κ2) is 5.93. The van der Waals surface area contributed by atoms with E-state index in [0.29, 0.717) is 12.0 Å². The van der Waals surface area contributed by atoms with Crippen LogP contribution in [0, 0.1) is 0 Å². The molecule has 0 radical (unpaired) electrons. The lowest BCUT2D eigenvalue weighted by Crippen LogP contribution is -2.35. The molecule has 1 fully saturated rings. The van der Waals surface area contributed by atoms with Crippen LogP contribution in [-0.2, 0) is 9.84 Å². The number of carbonyl (C=O) groups is 1. The Morgan fingerprint density at radius 2 is 1.73 bits per heavy atom. The van der Waals surface area contributed by atoms with Crippen LogP contribution in [0.3, 0.4) is 0 Å². The molecule has 22 heavy (non-hydrogen) atoms. The number of carbonyl (C=O) groups excluding carboxylic acids is 1. The molecule has 1 amide bonds. The third kappa shape index (κ3) is 3.36. The Hall–Kier alpha value is -2.14. The molecule has 1 aliphatic rings. The van der Waals surface area contributed by atoms with Gasteiger partial charge in [-0.05, 0) is 29.7 Å². The predicted molar refractivity (Wildman–Crippen MR) is 86.4 cm³/mol. The molecule has 0 bridgehead atoms. The maximum absolute atomic E-state index is 12.3. The van der Waals surface area contributed by atoms with Crippen molar-refractivity contribution in [1.29, 1.82) is 0 Å². The van der Waals surface area contributed by atoms with E-state index in [1.54, 1.807) is 6.07 Å². The highest BCUT2D eigenvalue weighted by Crippen LogP contribution is 2.20. The second-order valence-electron chi connectivity index (χ2n) is 5.52. The summed E-state index contributed by atoms with van der Waals surface area (Å²) in [6, 6.07) is 16.9. The molecule has 5 heteroatoms. The second-order valence-corrected chi connectivity index (χ2v) is 7.75. The highest BCUT2D eigenvalue weighted by atomic mass is 32.2. The normalized spacial score (nSPS) is 19.7. The quantitative estimate of drug-likeness (QED) is 0.945. The van der Waals surface area contributed by atoms with Crippen molar-refractivity contribution in [3.63, 3.8) is 0 Å². The van der Waals surface area contributed by atoms with Crippen LogP contribution in [0.2, 0.25) is 0 Å². The molecule has 1 saturated heterocycles. The van der Waals surface area contributed by atoms with Gasteiger partial charge < -0.3 is 5.32 Å². The van der Waals surface area contributed by atoms with Gasteiger partial charge in [0, 0.05) is 11.6 Å². The van der Waals surface area contributed by atoms with Gasteiger partial charge in [0.1, 0.15) is 0 Å². The molecule has 0 aliphatic carbocycles. The first-order valence-corrected chi connectivity index (χ1v) is 9.02. The molecule has 0 saturated carbocycles. The first-order valence-electron chi connectivity index (χ1n) is 7.20. The number of hydrogen-bond donors (Lipinski definition) is 1. The fourth-order valence-corrected chi connectivity index (χ4v) is 4.32. The van der Waals surface area contributed by atoms with Crippen molar-refractivity contribution in [2.24, 2.45) is 0 Å². The minimum Gasteiger partial charge on any atom is -0.348 e. The van der Waals surface area contributed by atoms with Crippen LogP contribution in [0.15, 0.2) is 54.6 Å². The highest BCUT2D eigenvalue weighted by Gasteiger charge is 2.29. The summed E-state index contributed by atoms with van der Waals surface area (Å²) in [7, 11) is -2.99. The highest BCUT2D eigenvalue weighted by molar-refractivity contribution is 7.91. The molecule has 0 spiro atoms.